The summed E-state index contributed by atoms with van der Waals surface area (Å²) in [6.45, 7) is 10.0. The average molecular weight is 254 g/mol. The Morgan fingerprint density at radius 3 is 2.78 bits per heavy atom. The summed E-state index contributed by atoms with van der Waals surface area (Å²) in [5.41, 5.74) is -0.381. The minimum absolute atomic E-state index is 0.179. The van der Waals surface area contributed by atoms with Gasteiger partial charge in [0.2, 0.25) is 5.91 Å². The average Bonchev–Trinajstić information content (AvgIpc) is 2.97. The Morgan fingerprint density at radius 1 is 1.56 bits per heavy atom. The second-order valence-corrected chi connectivity index (χ2v) is 5.83. The predicted molar refractivity (Wildman–Crippen MR) is 71.1 cm³/mol. The highest BCUT2D eigenvalue weighted by Crippen LogP contribution is 2.31. The maximum absolute atomic E-state index is 12.6. The van der Waals surface area contributed by atoms with E-state index in [-0.39, 0.29) is 23.7 Å². The molecule has 0 aliphatic carbocycles. The lowest BCUT2D eigenvalue weighted by Crippen LogP contribution is -2.47. The van der Waals surface area contributed by atoms with Crippen LogP contribution in [0.2, 0.25) is 0 Å². The molecule has 2 heterocycles. The minimum atomic E-state index is -0.381. The fourth-order valence-corrected chi connectivity index (χ4v) is 3.11. The maximum Gasteiger partial charge on any atom is 0.244 e. The van der Waals surface area contributed by atoms with Gasteiger partial charge in [-0.15, -0.1) is 0 Å². The van der Waals surface area contributed by atoms with Gasteiger partial charge in [-0.2, -0.15) is 0 Å². The number of carbonyl (C=O) groups excluding carboxylic acids is 1. The van der Waals surface area contributed by atoms with Crippen LogP contribution in [0.4, 0.5) is 0 Å². The highest BCUT2D eigenvalue weighted by Gasteiger charge is 2.48. The summed E-state index contributed by atoms with van der Waals surface area (Å²) in [5.74, 6) is 0.750. The molecule has 104 valence electrons. The molecule has 0 spiro atoms. The Balaban J connectivity index is 2.16. The minimum Gasteiger partial charge on any atom is -0.381 e. The summed E-state index contributed by atoms with van der Waals surface area (Å²) < 4.78 is 5.46. The van der Waals surface area contributed by atoms with Gasteiger partial charge in [0.1, 0.15) is 0 Å². The van der Waals surface area contributed by atoms with Gasteiger partial charge in [0.05, 0.1) is 18.3 Å². The van der Waals surface area contributed by atoms with E-state index in [1.54, 1.807) is 0 Å². The van der Waals surface area contributed by atoms with E-state index in [1.165, 1.54) is 0 Å². The molecule has 4 nitrogen and oxygen atoms in total. The fraction of sp³-hybridized carbons (Fsp3) is 0.929. The van der Waals surface area contributed by atoms with Crippen molar-refractivity contribution in [3.8, 4) is 0 Å². The van der Waals surface area contributed by atoms with Crippen molar-refractivity contribution in [2.24, 2.45) is 5.92 Å². The number of nitrogens with zero attached hydrogens (tertiary/aromatic N) is 1. The van der Waals surface area contributed by atoms with Gasteiger partial charge in [0, 0.05) is 18.6 Å². The van der Waals surface area contributed by atoms with Gasteiger partial charge in [0.25, 0.3) is 0 Å². The molecule has 4 unspecified atom stereocenters. The molecule has 0 aromatic heterocycles. The van der Waals surface area contributed by atoms with Crippen LogP contribution in [0.25, 0.3) is 0 Å². The Labute approximate surface area is 110 Å². The second kappa shape index (κ2) is 5.17. The lowest BCUT2D eigenvalue weighted by molar-refractivity contribution is -0.135. The van der Waals surface area contributed by atoms with Crippen LogP contribution in [-0.2, 0) is 9.53 Å². The van der Waals surface area contributed by atoms with Crippen LogP contribution < -0.4 is 5.32 Å². The van der Waals surface area contributed by atoms with E-state index in [0.717, 1.165) is 32.5 Å². The zero-order valence-corrected chi connectivity index (χ0v) is 12.0. The van der Waals surface area contributed by atoms with Crippen molar-refractivity contribution in [2.45, 2.75) is 64.7 Å². The monoisotopic (exact) mass is 254 g/mol. The number of hydrogen-bond donors (Lipinski definition) is 1. The summed E-state index contributed by atoms with van der Waals surface area (Å²) in [4.78, 5) is 14.7. The topological polar surface area (TPSA) is 41.6 Å². The van der Waals surface area contributed by atoms with Gasteiger partial charge in [-0.25, -0.2) is 0 Å². The number of ether oxygens (including phenoxy) is 1. The van der Waals surface area contributed by atoms with Crippen LogP contribution in [0.3, 0.4) is 0 Å². The Kier molecular flexibility index (Phi) is 3.97. The molecule has 0 aromatic rings. The van der Waals surface area contributed by atoms with E-state index in [4.69, 9.17) is 4.74 Å². The first-order valence-corrected chi connectivity index (χ1v) is 7.21. The predicted octanol–water partition coefficient (Wildman–Crippen LogP) is 1.75. The smallest absolute Gasteiger partial charge is 0.244 e. The number of hydrogen-bond acceptors (Lipinski definition) is 3. The van der Waals surface area contributed by atoms with Gasteiger partial charge in [-0.1, -0.05) is 13.8 Å². The molecule has 4 atom stereocenters. The Morgan fingerprint density at radius 2 is 2.28 bits per heavy atom. The molecular weight excluding hydrogens is 228 g/mol. The lowest BCUT2D eigenvalue weighted by Gasteiger charge is -2.33. The number of amides is 1. The van der Waals surface area contributed by atoms with Crippen LogP contribution in [0, 0.1) is 5.92 Å². The van der Waals surface area contributed by atoms with Crippen molar-refractivity contribution in [2.75, 3.05) is 13.2 Å². The largest absolute Gasteiger partial charge is 0.381 e. The van der Waals surface area contributed by atoms with Crippen molar-refractivity contribution >= 4 is 5.91 Å². The van der Waals surface area contributed by atoms with E-state index in [2.05, 4.69) is 31.0 Å². The molecule has 1 amide bonds. The molecule has 2 fully saturated rings. The summed E-state index contributed by atoms with van der Waals surface area (Å²) >= 11 is 0. The summed E-state index contributed by atoms with van der Waals surface area (Å²) in [7, 11) is 0. The van der Waals surface area contributed by atoms with E-state index in [1.807, 2.05) is 6.92 Å². The van der Waals surface area contributed by atoms with E-state index in [0.29, 0.717) is 5.92 Å². The molecule has 2 saturated heterocycles. The van der Waals surface area contributed by atoms with Gasteiger partial charge < -0.3 is 9.64 Å². The molecule has 0 radical (unpaired) electrons. The zero-order chi connectivity index (χ0) is 13.3. The highest BCUT2D eigenvalue weighted by molar-refractivity contribution is 5.88. The van der Waals surface area contributed by atoms with Crippen molar-refractivity contribution in [3.05, 3.63) is 0 Å². The summed E-state index contributed by atoms with van der Waals surface area (Å²) in [5, 5.41) is 3.51. The SMILES string of the molecule is CCC1NC(C)(CC)C(=O)N1C(C)C1CCOC1. The Bertz CT molecular complexity index is 315. The highest BCUT2D eigenvalue weighted by atomic mass is 16.5. The molecule has 0 aromatic carbocycles. The molecule has 18 heavy (non-hydrogen) atoms. The molecule has 0 bridgehead atoms. The first-order valence-electron chi connectivity index (χ1n) is 7.21. The van der Waals surface area contributed by atoms with Gasteiger partial charge >= 0.3 is 0 Å². The van der Waals surface area contributed by atoms with Crippen LogP contribution in [-0.4, -0.2) is 41.8 Å². The standard InChI is InChI=1S/C14H26N2O2/c1-5-12-15-14(4,6-2)13(17)16(12)10(3)11-7-8-18-9-11/h10-12,15H,5-9H2,1-4H3. The van der Waals surface area contributed by atoms with Crippen LogP contribution in [0.1, 0.15) is 47.0 Å². The van der Waals surface area contributed by atoms with Crippen LogP contribution in [0.5, 0.6) is 0 Å². The fourth-order valence-electron chi connectivity index (χ4n) is 3.11. The quantitative estimate of drug-likeness (QED) is 0.831. The number of nitrogens with one attached hydrogen (secondary N) is 1. The van der Waals surface area contributed by atoms with Crippen molar-refractivity contribution in [3.63, 3.8) is 0 Å². The first-order chi connectivity index (χ1) is 8.53. The summed E-state index contributed by atoms with van der Waals surface area (Å²) in [6, 6.07) is 0.269. The van der Waals surface area contributed by atoms with Crippen molar-refractivity contribution < 1.29 is 9.53 Å². The normalized spacial score (nSPS) is 38.4. The molecule has 1 N–H and O–H groups in total. The third kappa shape index (κ3) is 2.16. The zero-order valence-electron chi connectivity index (χ0n) is 12.0. The van der Waals surface area contributed by atoms with Crippen LogP contribution in [0.15, 0.2) is 0 Å². The second-order valence-electron chi connectivity index (χ2n) is 5.83. The van der Waals surface area contributed by atoms with E-state index < -0.39 is 0 Å². The molecule has 0 saturated carbocycles. The van der Waals surface area contributed by atoms with Crippen molar-refractivity contribution in [1.29, 1.82) is 0 Å². The lowest BCUT2D eigenvalue weighted by atomic mass is 9.95. The number of rotatable bonds is 4. The van der Waals surface area contributed by atoms with E-state index in [9.17, 15) is 4.79 Å². The molecule has 4 heteroatoms. The molecule has 2 rings (SSSR count). The molecule has 2 aliphatic rings. The molecular formula is C14H26N2O2. The maximum atomic E-state index is 12.6. The van der Waals surface area contributed by atoms with Crippen molar-refractivity contribution in [1.82, 2.24) is 10.2 Å². The van der Waals surface area contributed by atoms with Gasteiger partial charge in [-0.05, 0) is 33.1 Å². The molecule has 2 aliphatic heterocycles. The third-order valence-electron chi connectivity index (χ3n) is 4.71. The van der Waals surface area contributed by atoms with E-state index >= 15 is 0 Å². The third-order valence-corrected chi connectivity index (χ3v) is 4.71. The van der Waals surface area contributed by atoms with Gasteiger partial charge in [-0.3, -0.25) is 10.1 Å². The first kappa shape index (κ1) is 13.8. The number of carbonyl (C=O) groups is 1. The van der Waals surface area contributed by atoms with Gasteiger partial charge in [0.15, 0.2) is 0 Å². The Hall–Kier alpha value is -0.610. The summed E-state index contributed by atoms with van der Waals surface area (Å²) in [6.07, 6.45) is 3.05. The van der Waals surface area contributed by atoms with Crippen LogP contribution >= 0.6 is 0 Å².